The van der Waals surface area contributed by atoms with Gasteiger partial charge < -0.3 is 5.73 Å². The van der Waals surface area contributed by atoms with Crippen LogP contribution in [0.5, 0.6) is 0 Å². The summed E-state index contributed by atoms with van der Waals surface area (Å²) in [7, 11) is 1.87. The topological polar surface area (TPSA) is 72.1 Å². The number of rotatable bonds is 5. The van der Waals surface area contributed by atoms with E-state index in [1.807, 2.05) is 35.2 Å². The third-order valence-electron chi connectivity index (χ3n) is 7.30. The van der Waals surface area contributed by atoms with Gasteiger partial charge in [-0.1, -0.05) is 67.3 Å². The number of hydrogen-bond donors (Lipinski definition) is 1. The molecule has 1 fully saturated rings. The molecule has 2 aliphatic rings. The number of nitrogens with two attached hydrogens (primary N) is 1. The van der Waals surface area contributed by atoms with Gasteiger partial charge in [0.1, 0.15) is 5.82 Å². The van der Waals surface area contributed by atoms with Gasteiger partial charge in [0.25, 0.3) is 0 Å². The molecule has 3 aromatic rings. The smallest absolute Gasteiger partial charge is 0.233 e. The van der Waals surface area contributed by atoms with Crippen molar-refractivity contribution in [3.05, 3.63) is 64.7 Å². The number of carbonyl (C=O) groups is 1. The molecule has 0 bridgehead atoms. The fraction of sp³-hybridized carbons (Fsp3) is 0.414. The van der Waals surface area contributed by atoms with Crippen LogP contribution in [0.15, 0.2) is 30.5 Å². The summed E-state index contributed by atoms with van der Waals surface area (Å²) < 4.78 is 43.8. The fourth-order valence-corrected chi connectivity index (χ4v) is 5.53. The van der Waals surface area contributed by atoms with Crippen LogP contribution in [0, 0.1) is 23.4 Å². The summed E-state index contributed by atoms with van der Waals surface area (Å²) in [5.74, 6) is -2.82. The zero-order valence-electron chi connectivity index (χ0n) is 21.9. The van der Waals surface area contributed by atoms with Crippen molar-refractivity contribution in [2.24, 2.45) is 5.92 Å². The zero-order valence-corrected chi connectivity index (χ0v) is 23.0. The molecule has 2 aromatic carbocycles. The Morgan fingerprint density at radius 2 is 1.68 bits per heavy atom. The van der Waals surface area contributed by atoms with Crippen LogP contribution in [0.1, 0.15) is 69.2 Å². The Bertz CT molecular complexity index is 1310. The van der Waals surface area contributed by atoms with Gasteiger partial charge >= 0.3 is 0 Å². The van der Waals surface area contributed by atoms with Gasteiger partial charge in [0.2, 0.25) is 5.91 Å². The quantitative estimate of drug-likeness (QED) is 0.234. The minimum Gasteiger partial charge on any atom is -0.399 e. The Morgan fingerprint density at radius 1 is 1.00 bits per heavy atom. The maximum atomic E-state index is 14.8. The lowest BCUT2D eigenvalue weighted by atomic mass is 9.85. The number of anilines is 2. The third kappa shape index (κ3) is 5.70. The lowest BCUT2D eigenvalue weighted by Gasteiger charge is -2.30. The number of benzene rings is 2. The number of halogens is 3. The van der Waals surface area contributed by atoms with E-state index in [1.54, 1.807) is 18.3 Å². The van der Waals surface area contributed by atoms with Crippen molar-refractivity contribution < 1.29 is 18.0 Å². The minimum atomic E-state index is -1.26. The monoisotopic (exact) mass is 542 g/mol. The van der Waals surface area contributed by atoms with E-state index in [4.69, 9.17) is 10.7 Å². The van der Waals surface area contributed by atoms with Gasteiger partial charge in [-0.2, -0.15) is 0 Å². The molecule has 0 saturated heterocycles. The van der Waals surface area contributed by atoms with Crippen LogP contribution < -0.4 is 15.9 Å². The van der Waals surface area contributed by atoms with Crippen molar-refractivity contribution in [3.8, 4) is 11.3 Å². The highest BCUT2D eigenvalue weighted by Gasteiger charge is 2.34. The first kappa shape index (κ1) is 28.0. The van der Waals surface area contributed by atoms with E-state index in [0.29, 0.717) is 35.2 Å². The van der Waals surface area contributed by atoms with Crippen molar-refractivity contribution in [1.82, 2.24) is 9.97 Å². The van der Waals surface area contributed by atoms with E-state index in [9.17, 15) is 18.0 Å². The Labute approximate surface area is 224 Å². The van der Waals surface area contributed by atoms with Crippen LogP contribution in [0.2, 0.25) is 0 Å². The number of nitrogens with zero attached hydrogens (tertiary/aromatic N) is 3. The van der Waals surface area contributed by atoms with Gasteiger partial charge in [0.15, 0.2) is 17.5 Å². The van der Waals surface area contributed by atoms with Crippen molar-refractivity contribution in [1.29, 1.82) is 0 Å². The molecular weight excluding hydrogens is 508 g/mol. The first-order chi connectivity index (χ1) is 18.3. The van der Waals surface area contributed by atoms with Crippen LogP contribution in [-0.4, -0.2) is 15.9 Å². The molecule has 2 N–H and O–H groups in total. The number of amides is 1. The summed E-state index contributed by atoms with van der Waals surface area (Å²) in [6.45, 7) is 3.70. The predicted molar refractivity (Wildman–Crippen MR) is 149 cm³/mol. The van der Waals surface area contributed by atoms with Crippen LogP contribution in [0.25, 0.3) is 11.3 Å². The Morgan fingerprint density at radius 3 is 2.37 bits per heavy atom. The van der Waals surface area contributed by atoms with E-state index >= 15 is 0 Å². The second kappa shape index (κ2) is 12.2. The highest BCUT2D eigenvalue weighted by Crippen LogP contribution is 2.33. The summed E-state index contributed by atoms with van der Waals surface area (Å²) in [6.07, 6.45) is 8.71. The molecule has 2 heterocycles. The Kier molecular flexibility index (Phi) is 9.03. The fourth-order valence-electron chi connectivity index (χ4n) is 5.23. The highest BCUT2D eigenvalue weighted by atomic mass is 31.0. The number of aromatic nitrogens is 2. The Balaban J connectivity index is 0.00000164. The van der Waals surface area contributed by atoms with E-state index < -0.39 is 28.7 Å². The third-order valence-corrected chi connectivity index (χ3v) is 7.81. The molecule has 38 heavy (non-hydrogen) atoms. The van der Waals surface area contributed by atoms with Gasteiger partial charge in [0.05, 0.1) is 30.6 Å². The van der Waals surface area contributed by atoms with Crippen LogP contribution in [-0.2, 0) is 24.2 Å². The van der Waals surface area contributed by atoms with E-state index in [1.165, 1.54) is 24.2 Å². The lowest BCUT2D eigenvalue weighted by molar-refractivity contribution is -0.118. The first-order valence-electron chi connectivity index (χ1n) is 13.3. The molecule has 1 aliphatic heterocycles. The summed E-state index contributed by atoms with van der Waals surface area (Å²) in [5, 5.41) is -0.492. The van der Waals surface area contributed by atoms with Crippen molar-refractivity contribution >= 4 is 32.0 Å². The average molecular weight is 543 g/mol. The largest absolute Gasteiger partial charge is 0.399 e. The van der Waals surface area contributed by atoms with E-state index in [2.05, 4.69) is 4.98 Å². The highest BCUT2D eigenvalue weighted by molar-refractivity contribution is 7.27. The molecule has 0 spiro atoms. The molecule has 1 aliphatic carbocycles. The molecule has 1 saturated carbocycles. The van der Waals surface area contributed by atoms with Crippen molar-refractivity contribution in [2.75, 3.05) is 10.6 Å². The minimum absolute atomic E-state index is 0.102. The van der Waals surface area contributed by atoms with Gasteiger partial charge in [-0.3, -0.25) is 9.69 Å². The maximum Gasteiger partial charge on any atom is 0.233 e. The normalized spacial score (nSPS) is 15.6. The summed E-state index contributed by atoms with van der Waals surface area (Å²) in [6, 6.07) is 7.27. The number of nitrogen functional groups attached to an aromatic ring is 1. The molecule has 202 valence electrons. The van der Waals surface area contributed by atoms with Crippen LogP contribution in [0.3, 0.4) is 0 Å². The van der Waals surface area contributed by atoms with Crippen LogP contribution in [0.4, 0.5) is 24.7 Å². The molecule has 1 aromatic heterocycles. The molecule has 5 rings (SSSR count). The van der Waals surface area contributed by atoms with E-state index in [0.717, 1.165) is 24.8 Å². The predicted octanol–water partition coefficient (Wildman–Crippen LogP) is 6.27. The van der Waals surface area contributed by atoms with Crippen molar-refractivity contribution in [3.63, 3.8) is 0 Å². The molecule has 5 nitrogen and oxygen atoms in total. The number of hydrogen-bond acceptors (Lipinski definition) is 4. The first-order valence-corrected chi connectivity index (χ1v) is 13.9. The van der Waals surface area contributed by atoms with Gasteiger partial charge in [-0.25, -0.2) is 23.1 Å². The number of aryl methyl sites for hydroxylation is 1. The Hall–Kier alpha value is -2.99. The van der Waals surface area contributed by atoms with Gasteiger partial charge in [-0.15, -0.1) is 0 Å². The molecule has 1 amide bonds. The standard InChI is InChI=1S/C27H28F3N4OP.C2H6/c28-23-19-14-34(22(35)12-18(19)24(29)26(36)25(23)30)27-20(11-6-15-4-2-1-3-5-15)33-21(13-32-27)16-7-9-17(31)10-8-16;1-2/h7-10,13,15H,1-6,11-12,14,31,36H2;1-2H3. The lowest BCUT2D eigenvalue weighted by Crippen LogP contribution is -2.40. The van der Waals surface area contributed by atoms with Crippen LogP contribution >= 0.6 is 9.24 Å². The average Bonchev–Trinajstić information content (AvgIpc) is 2.95. The van der Waals surface area contributed by atoms with Gasteiger partial charge in [0, 0.05) is 27.7 Å². The van der Waals surface area contributed by atoms with Crippen molar-refractivity contribution in [2.45, 2.75) is 71.8 Å². The SMILES string of the molecule is CC.Nc1ccc(-c2cnc(N3Cc4c(F)c(F)c(P)c(F)c4CC3=O)c(CCC3CCCCC3)n2)cc1. The second-order valence-electron chi connectivity index (χ2n) is 9.66. The molecule has 9 heteroatoms. The summed E-state index contributed by atoms with van der Waals surface area (Å²) in [4.78, 5) is 23.9. The number of carbonyl (C=O) groups excluding carboxylic acids is 1. The molecule has 1 atom stereocenters. The van der Waals surface area contributed by atoms with Gasteiger partial charge in [-0.05, 0) is 30.9 Å². The molecule has 0 radical (unpaired) electrons. The van der Waals surface area contributed by atoms with E-state index in [-0.39, 0.29) is 24.1 Å². The molecular formula is C29H34F3N4OP. The summed E-state index contributed by atoms with van der Waals surface area (Å²) in [5.41, 5.74) is 8.29. The second-order valence-corrected chi connectivity index (χ2v) is 10.2. The summed E-state index contributed by atoms with van der Waals surface area (Å²) >= 11 is 0. The zero-order chi connectivity index (χ0) is 27.4. The maximum absolute atomic E-state index is 14.8. The number of fused-ring (bicyclic) bond motifs is 1. The molecule has 1 unspecified atom stereocenters.